The largest absolute Gasteiger partial charge is 0.491 e. The molecule has 122 valence electrons. The molecule has 0 spiro atoms. The van der Waals surface area contributed by atoms with Crippen LogP contribution in [0.4, 0.5) is 4.79 Å². The quantitative estimate of drug-likeness (QED) is 0.873. The van der Waals surface area contributed by atoms with Crippen molar-refractivity contribution in [2.45, 2.75) is 52.4 Å². The number of amides is 1. The van der Waals surface area contributed by atoms with Crippen molar-refractivity contribution in [2.24, 2.45) is 0 Å². The zero-order valence-corrected chi connectivity index (χ0v) is 13.5. The van der Waals surface area contributed by atoms with E-state index < -0.39 is 23.7 Å². The Morgan fingerprint density at radius 3 is 2.36 bits per heavy atom. The number of nitrogens with one attached hydrogen (secondary N) is 1. The molecule has 0 aliphatic heterocycles. The van der Waals surface area contributed by atoms with E-state index in [2.05, 4.69) is 5.32 Å². The van der Waals surface area contributed by atoms with Crippen molar-refractivity contribution < 1.29 is 24.2 Å². The summed E-state index contributed by atoms with van der Waals surface area (Å²) in [5.41, 5.74) is -0.285. The molecule has 0 saturated carbocycles. The molecule has 1 amide bonds. The summed E-state index contributed by atoms with van der Waals surface area (Å²) >= 11 is 0. The minimum atomic E-state index is -1.20. The average Bonchev–Trinajstić information content (AvgIpc) is 2.33. The second-order valence-corrected chi connectivity index (χ2v) is 6.16. The molecule has 0 bridgehead atoms. The first-order chi connectivity index (χ1) is 10.1. The van der Waals surface area contributed by atoms with E-state index in [0.717, 1.165) is 0 Å². The lowest BCUT2D eigenvalue weighted by atomic mass is 10.1. The number of alkyl carbamates (subject to hydrolysis) is 1. The van der Waals surface area contributed by atoms with Crippen molar-refractivity contribution in [2.75, 3.05) is 0 Å². The van der Waals surface area contributed by atoms with Gasteiger partial charge in [0.1, 0.15) is 11.4 Å². The van der Waals surface area contributed by atoms with Crippen molar-refractivity contribution in [3.63, 3.8) is 0 Å². The van der Waals surface area contributed by atoms with E-state index in [1.54, 1.807) is 45.0 Å². The predicted octanol–water partition coefficient (Wildman–Crippen LogP) is 3.12. The zero-order valence-electron chi connectivity index (χ0n) is 13.5. The summed E-state index contributed by atoms with van der Waals surface area (Å²) in [6.45, 7) is 8.87. The van der Waals surface area contributed by atoms with Crippen LogP contribution in [-0.2, 0) is 9.53 Å². The van der Waals surface area contributed by atoms with Gasteiger partial charge in [-0.2, -0.15) is 0 Å². The molecular formula is C16H23NO5. The fraction of sp³-hybridized carbons (Fsp3) is 0.500. The van der Waals surface area contributed by atoms with Gasteiger partial charge in [0, 0.05) is 0 Å². The van der Waals surface area contributed by atoms with Crippen LogP contribution in [0, 0.1) is 0 Å². The third-order valence-electron chi connectivity index (χ3n) is 2.47. The number of ether oxygens (including phenoxy) is 2. The molecule has 0 heterocycles. The van der Waals surface area contributed by atoms with Gasteiger partial charge in [0.05, 0.1) is 6.10 Å². The van der Waals surface area contributed by atoms with Crippen LogP contribution in [-0.4, -0.2) is 28.9 Å². The molecule has 0 aliphatic rings. The highest BCUT2D eigenvalue weighted by Crippen LogP contribution is 2.21. The van der Waals surface area contributed by atoms with Crippen LogP contribution in [0.2, 0.25) is 0 Å². The van der Waals surface area contributed by atoms with Crippen molar-refractivity contribution in [3.8, 4) is 5.75 Å². The number of rotatable bonds is 5. The van der Waals surface area contributed by atoms with Gasteiger partial charge in [0.25, 0.3) is 0 Å². The van der Waals surface area contributed by atoms with Crippen LogP contribution in [0.15, 0.2) is 24.3 Å². The maximum absolute atomic E-state index is 11.8. The Labute approximate surface area is 130 Å². The molecule has 1 rings (SSSR count). The second-order valence-electron chi connectivity index (χ2n) is 6.16. The molecule has 0 radical (unpaired) electrons. The third-order valence-corrected chi connectivity index (χ3v) is 2.47. The first-order valence-electron chi connectivity index (χ1n) is 7.07. The fourth-order valence-corrected chi connectivity index (χ4v) is 1.75. The van der Waals surface area contributed by atoms with Crippen molar-refractivity contribution in [1.29, 1.82) is 0 Å². The van der Waals surface area contributed by atoms with Gasteiger partial charge in [-0.25, -0.2) is 9.59 Å². The number of carbonyl (C=O) groups is 2. The molecule has 6 heteroatoms. The van der Waals surface area contributed by atoms with Crippen LogP contribution < -0.4 is 10.1 Å². The monoisotopic (exact) mass is 309 g/mol. The Morgan fingerprint density at radius 1 is 1.23 bits per heavy atom. The summed E-state index contributed by atoms with van der Waals surface area (Å²) in [6, 6.07) is 5.42. The van der Waals surface area contributed by atoms with E-state index in [1.165, 1.54) is 0 Å². The lowest BCUT2D eigenvalue weighted by Gasteiger charge is -2.22. The van der Waals surface area contributed by atoms with Gasteiger partial charge < -0.3 is 19.9 Å². The first-order valence-corrected chi connectivity index (χ1v) is 7.07. The molecule has 0 saturated heterocycles. The van der Waals surface area contributed by atoms with Gasteiger partial charge in [0.15, 0.2) is 6.04 Å². The van der Waals surface area contributed by atoms with Crippen molar-refractivity contribution in [3.05, 3.63) is 29.8 Å². The minimum Gasteiger partial charge on any atom is -0.491 e. The van der Waals surface area contributed by atoms with E-state index in [-0.39, 0.29) is 6.10 Å². The molecule has 1 aromatic carbocycles. The number of carboxylic acid groups (broad SMARTS) is 1. The lowest BCUT2D eigenvalue weighted by Crippen LogP contribution is -2.38. The number of benzene rings is 1. The molecule has 1 atom stereocenters. The van der Waals surface area contributed by atoms with Crippen LogP contribution in [0.25, 0.3) is 0 Å². The Morgan fingerprint density at radius 2 is 1.86 bits per heavy atom. The maximum atomic E-state index is 11.8. The number of carbonyl (C=O) groups excluding carboxylic acids is 1. The Kier molecular flexibility index (Phi) is 5.79. The summed E-state index contributed by atoms with van der Waals surface area (Å²) in [4.78, 5) is 23.2. The highest BCUT2D eigenvalue weighted by Gasteiger charge is 2.25. The van der Waals surface area contributed by atoms with Gasteiger partial charge in [-0.15, -0.1) is 0 Å². The molecular weight excluding hydrogens is 286 g/mol. The first kappa shape index (κ1) is 17.8. The van der Waals surface area contributed by atoms with Crippen molar-refractivity contribution >= 4 is 12.1 Å². The molecule has 2 N–H and O–H groups in total. The van der Waals surface area contributed by atoms with Gasteiger partial charge in [-0.1, -0.05) is 12.1 Å². The van der Waals surface area contributed by atoms with E-state index in [0.29, 0.717) is 11.3 Å². The highest BCUT2D eigenvalue weighted by atomic mass is 16.6. The summed E-state index contributed by atoms with van der Waals surface area (Å²) in [5, 5.41) is 11.7. The number of aliphatic carboxylic acids is 1. The molecule has 0 fully saturated rings. The summed E-state index contributed by atoms with van der Waals surface area (Å²) in [5.74, 6) is -0.628. The van der Waals surface area contributed by atoms with E-state index in [1.807, 2.05) is 13.8 Å². The molecule has 0 aliphatic carbocycles. The smallest absolute Gasteiger partial charge is 0.408 e. The zero-order chi connectivity index (χ0) is 16.9. The highest BCUT2D eigenvalue weighted by molar-refractivity contribution is 5.81. The van der Waals surface area contributed by atoms with Crippen LogP contribution in [0.1, 0.15) is 46.2 Å². The lowest BCUT2D eigenvalue weighted by molar-refractivity contribution is -0.139. The summed E-state index contributed by atoms with van der Waals surface area (Å²) < 4.78 is 10.6. The molecule has 1 aromatic rings. The maximum Gasteiger partial charge on any atom is 0.408 e. The molecule has 6 nitrogen and oxygen atoms in total. The number of hydrogen-bond donors (Lipinski definition) is 2. The normalized spacial score (nSPS) is 12.6. The Hall–Kier alpha value is -2.24. The van der Waals surface area contributed by atoms with E-state index in [9.17, 15) is 14.7 Å². The Bertz CT molecular complexity index is 534. The third kappa shape index (κ3) is 6.03. The molecule has 0 unspecified atom stereocenters. The van der Waals surface area contributed by atoms with Gasteiger partial charge in [-0.3, -0.25) is 0 Å². The second kappa shape index (κ2) is 7.15. The van der Waals surface area contributed by atoms with E-state index >= 15 is 0 Å². The van der Waals surface area contributed by atoms with Crippen LogP contribution in [0.3, 0.4) is 0 Å². The number of hydrogen-bond acceptors (Lipinski definition) is 4. The van der Waals surface area contributed by atoms with Crippen LogP contribution in [0.5, 0.6) is 5.75 Å². The van der Waals surface area contributed by atoms with Gasteiger partial charge >= 0.3 is 12.1 Å². The minimum absolute atomic E-state index is 0.0302. The standard InChI is InChI=1S/C16H23NO5/c1-10(2)21-12-8-6-7-11(9-12)13(14(18)19)17-15(20)22-16(3,4)5/h6-10,13H,1-5H3,(H,17,20)(H,18,19)/t13-/m0/s1. The molecule has 22 heavy (non-hydrogen) atoms. The van der Waals surface area contributed by atoms with Gasteiger partial charge in [0.2, 0.25) is 0 Å². The number of carboxylic acids is 1. The van der Waals surface area contributed by atoms with Gasteiger partial charge in [-0.05, 0) is 52.3 Å². The Balaban J connectivity index is 2.92. The van der Waals surface area contributed by atoms with E-state index in [4.69, 9.17) is 9.47 Å². The predicted molar refractivity (Wildman–Crippen MR) is 82.0 cm³/mol. The molecule has 0 aromatic heterocycles. The average molecular weight is 309 g/mol. The van der Waals surface area contributed by atoms with Crippen LogP contribution >= 0.6 is 0 Å². The summed E-state index contributed by atoms with van der Waals surface area (Å²) in [6.07, 6.45) is -0.813. The fourth-order valence-electron chi connectivity index (χ4n) is 1.75. The topological polar surface area (TPSA) is 84.9 Å². The SMILES string of the molecule is CC(C)Oc1cccc([C@H](NC(=O)OC(C)(C)C)C(=O)O)c1. The summed E-state index contributed by atoms with van der Waals surface area (Å²) in [7, 11) is 0. The van der Waals surface area contributed by atoms with Crippen molar-refractivity contribution in [1.82, 2.24) is 5.32 Å².